The number of hydrogen-bond donors (Lipinski definition) is 1. The first-order valence-electron chi connectivity index (χ1n) is 11.9. The Morgan fingerprint density at radius 3 is 2.59 bits per heavy atom. The van der Waals surface area contributed by atoms with E-state index >= 15 is 0 Å². The van der Waals surface area contributed by atoms with Crippen LogP contribution in [0.1, 0.15) is 44.8 Å². The number of amides is 1. The summed E-state index contributed by atoms with van der Waals surface area (Å²) in [5.74, 6) is 0.482. The number of carbonyl (C=O) groups excluding carboxylic acids is 1. The van der Waals surface area contributed by atoms with Crippen LogP contribution in [-0.2, 0) is 19.4 Å². The largest absolute Gasteiger partial charge is 0.488 e. The predicted molar refractivity (Wildman–Crippen MR) is 155 cm³/mol. The summed E-state index contributed by atoms with van der Waals surface area (Å²) >= 11 is 20.0. The Hall–Kier alpha value is -2.83. The van der Waals surface area contributed by atoms with E-state index in [4.69, 9.17) is 44.5 Å². The molecule has 1 aliphatic rings. The van der Waals surface area contributed by atoms with E-state index in [-0.39, 0.29) is 5.91 Å². The van der Waals surface area contributed by atoms with Gasteiger partial charge in [0.25, 0.3) is 5.91 Å². The zero-order chi connectivity index (χ0) is 25.8. The molecule has 188 valence electrons. The second kappa shape index (κ2) is 11.7. The highest BCUT2D eigenvalue weighted by molar-refractivity contribution is 7.16. The van der Waals surface area contributed by atoms with Crippen molar-refractivity contribution in [3.63, 3.8) is 0 Å². The number of ether oxygens (including phenoxy) is 1. The molecule has 0 unspecified atom stereocenters. The molecule has 1 amide bonds. The van der Waals surface area contributed by atoms with Crippen LogP contribution >= 0.6 is 46.1 Å². The molecule has 0 aliphatic heterocycles. The Morgan fingerprint density at radius 1 is 0.973 bits per heavy atom. The summed E-state index contributed by atoms with van der Waals surface area (Å²) in [6.45, 7) is 0.303. The Bertz CT molecular complexity index is 1470. The first kappa shape index (κ1) is 25.8. The van der Waals surface area contributed by atoms with Crippen LogP contribution in [0.3, 0.4) is 0 Å². The molecule has 1 aromatic heterocycles. The van der Waals surface area contributed by atoms with Gasteiger partial charge in [-0.1, -0.05) is 59.1 Å². The zero-order valence-electron chi connectivity index (χ0n) is 19.8. The molecule has 0 saturated heterocycles. The van der Waals surface area contributed by atoms with Gasteiger partial charge in [0.2, 0.25) is 0 Å². The van der Waals surface area contributed by atoms with Crippen molar-refractivity contribution in [3.8, 4) is 5.75 Å². The Labute approximate surface area is 234 Å². The molecule has 37 heavy (non-hydrogen) atoms. The first-order chi connectivity index (χ1) is 18.0. The number of halogens is 3. The molecule has 1 aliphatic carbocycles. The number of anilines is 1. The number of thiophene rings is 1. The van der Waals surface area contributed by atoms with Gasteiger partial charge in [-0.3, -0.25) is 4.79 Å². The van der Waals surface area contributed by atoms with Crippen LogP contribution in [0.5, 0.6) is 5.75 Å². The van der Waals surface area contributed by atoms with E-state index in [2.05, 4.69) is 5.32 Å². The van der Waals surface area contributed by atoms with E-state index < -0.39 is 0 Å². The standard InChI is InChI=1S/C29H23Cl3N2O2S/c30-20-11-13-25(36-17-18-10-12-23(31)24(32)14-18)19(15-20)16-33-29-27(22-8-4-5-9-26(22)37-29)28(35)34-21-6-2-1-3-7-21/h1-3,6-7,10-16H,4-5,8-9,17H2,(H,34,35). The lowest BCUT2D eigenvalue weighted by atomic mass is 9.95. The molecule has 0 bridgehead atoms. The van der Waals surface area contributed by atoms with E-state index in [1.807, 2.05) is 42.5 Å². The summed E-state index contributed by atoms with van der Waals surface area (Å²) in [5.41, 5.74) is 4.12. The average molecular weight is 570 g/mol. The first-order valence-corrected chi connectivity index (χ1v) is 13.8. The molecule has 0 spiro atoms. The maximum Gasteiger partial charge on any atom is 0.259 e. The third-order valence-electron chi connectivity index (χ3n) is 6.08. The lowest BCUT2D eigenvalue weighted by Gasteiger charge is -2.13. The van der Waals surface area contributed by atoms with Crippen molar-refractivity contribution in [1.29, 1.82) is 0 Å². The van der Waals surface area contributed by atoms with Gasteiger partial charge in [0.1, 0.15) is 17.4 Å². The van der Waals surface area contributed by atoms with E-state index in [1.165, 1.54) is 4.88 Å². The summed E-state index contributed by atoms with van der Waals surface area (Å²) < 4.78 is 6.07. The predicted octanol–water partition coefficient (Wildman–Crippen LogP) is 9.17. The molecule has 0 atom stereocenters. The van der Waals surface area contributed by atoms with Gasteiger partial charge in [0, 0.05) is 27.4 Å². The van der Waals surface area contributed by atoms with Gasteiger partial charge in [0.05, 0.1) is 15.6 Å². The lowest BCUT2D eigenvalue weighted by molar-refractivity contribution is 0.102. The van der Waals surface area contributed by atoms with Crippen LogP contribution in [0, 0.1) is 0 Å². The van der Waals surface area contributed by atoms with Gasteiger partial charge < -0.3 is 10.1 Å². The van der Waals surface area contributed by atoms with Gasteiger partial charge in [-0.05, 0) is 79.3 Å². The number of aryl methyl sites for hydroxylation is 1. The van der Waals surface area contributed by atoms with Crippen LogP contribution < -0.4 is 10.1 Å². The fraction of sp³-hybridized carbons (Fsp3) is 0.172. The van der Waals surface area contributed by atoms with Crippen molar-refractivity contribution in [1.82, 2.24) is 0 Å². The molecule has 0 saturated carbocycles. The summed E-state index contributed by atoms with van der Waals surface area (Å²) in [4.78, 5) is 19.4. The summed E-state index contributed by atoms with van der Waals surface area (Å²) in [6.07, 6.45) is 5.76. The van der Waals surface area contributed by atoms with Crippen molar-refractivity contribution in [2.45, 2.75) is 32.3 Å². The Kier molecular flexibility index (Phi) is 8.16. The zero-order valence-corrected chi connectivity index (χ0v) is 22.9. The number of rotatable bonds is 7. The monoisotopic (exact) mass is 568 g/mol. The van der Waals surface area contributed by atoms with Crippen LogP contribution in [0.25, 0.3) is 0 Å². The van der Waals surface area contributed by atoms with Crippen LogP contribution in [0.4, 0.5) is 10.7 Å². The number of fused-ring (bicyclic) bond motifs is 1. The quantitative estimate of drug-likeness (QED) is 0.226. The minimum atomic E-state index is -0.139. The van der Waals surface area contributed by atoms with Gasteiger partial charge >= 0.3 is 0 Å². The third kappa shape index (κ3) is 6.19. The van der Waals surface area contributed by atoms with Gasteiger partial charge in [0.15, 0.2) is 0 Å². The molecular weight excluding hydrogens is 547 g/mol. The van der Waals surface area contributed by atoms with E-state index in [0.717, 1.165) is 42.5 Å². The number of hydrogen-bond acceptors (Lipinski definition) is 4. The van der Waals surface area contributed by atoms with Crippen LogP contribution in [0.15, 0.2) is 71.7 Å². The SMILES string of the molecule is O=C(Nc1ccccc1)c1c(N=Cc2cc(Cl)ccc2OCc2ccc(Cl)c(Cl)c2)sc2c1CCCC2. The highest BCUT2D eigenvalue weighted by Gasteiger charge is 2.25. The Balaban J connectivity index is 1.43. The molecule has 5 rings (SSSR count). The molecule has 1 N–H and O–H groups in total. The molecule has 8 heteroatoms. The smallest absolute Gasteiger partial charge is 0.259 e. The second-order valence-electron chi connectivity index (χ2n) is 8.69. The molecule has 4 nitrogen and oxygen atoms in total. The molecule has 0 fully saturated rings. The highest BCUT2D eigenvalue weighted by atomic mass is 35.5. The van der Waals surface area contributed by atoms with Crippen LogP contribution in [-0.4, -0.2) is 12.1 Å². The number of benzene rings is 3. The van der Waals surface area contributed by atoms with Crippen molar-refractivity contribution in [2.24, 2.45) is 4.99 Å². The summed E-state index contributed by atoms with van der Waals surface area (Å²) in [5, 5.41) is 5.26. The average Bonchev–Trinajstić information content (AvgIpc) is 3.28. The van der Waals surface area contributed by atoms with Crippen molar-refractivity contribution in [2.75, 3.05) is 5.32 Å². The number of nitrogens with zero attached hydrogens (tertiary/aromatic N) is 1. The van der Waals surface area contributed by atoms with Crippen molar-refractivity contribution < 1.29 is 9.53 Å². The highest BCUT2D eigenvalue weighted by Crippen LogP contribution is 2.40. The van der Waals surface area contributed by atoms with E-state index in [1.54, 1.807) is 41.8 Å². The lowest BCUT2D eigenvalue weighted by Crippen LogP contribution is -2.14. The molecular formula is C29H23Cl3N2O2S. The molecule has 3 aromatic carbocycles. The topological polar surface area (TPSA) is 50.7 Å². The Morgan fingerprint density at radius 2 is 1.78 bits per heavy atom. The van der Waals surface area contributed by atoms with Crippen LogP contribution in [0.2, 0.25) is 15.1 Å². The molecule has 4 aromatic rings. The number of para-hydroxylation sites is 1. The normalized spacial score (nSPS) is 12.9. The second-order valence-corrected chi connectivity index (χ2v) is 11.0. The maximum atomic E-state index is 13.4. The molecule has 1 heterocycles. The van der Waals surface area contributed by atoms with Gasteiger partial charge in [-0.25, -0.2) is 4.99 Å². The van der Waals surface area contributed by atoms with Crippen molar-refractivity contribution in [3.05, 3.63) is 109 Å². The fourth-order valence-electron chi connectivity index (χ4n) is 4.26. The van der Waals surface area contributed by atoms with E-state index in [9.17, 15) is 4.79 Å². The fourth-order valence-corrected chi connectivity index (χ4v) is 5.99. The minimum absolute atomic E-state index is 0.139. The summed E-state index contributed by atoms with van der Waals surface area (Å²) in [7, 11) is 0. The summed E-state index contributed by atoms with van der Waals surface area (Å²) in [6, 6.07) is 20.2. The molecule has 0 radical (unpaired) electrons. The van der Waals surface area contributed by atoms with Gasteiger partial charge in [-0.2, -0.15) is 0 Å². The minimum Gasteiger partial charge on any atom is -0.488 e. The number of aliphatic imine (C=N–C) groups is 1. The number of carbonyl (C=O) groups is 1. The third-order valence-corrected chi connectivity index (χ3v) is 8.26. The van der Waals surface area contributed by atoms with Crippen molar-refractivity contribution >= 4 is 68.9 Å². The number of nitrogens with one attached hydrogen (secondary N) is 1. The maximum absolute atomic E-state index is 13.4. The van der Waals surface area contributed by atoms with E-state index in [0.29, 0.717) is 43.6 Å². The van der Waals surface area contributed by atoms with Gasteiger partial charge in [-0.15, -0.1) is 11.3 Å².